The second-order valence-electron chi connectivity index (χ2n) is 13.4. The van der Waals surface area contributed by atoms with Gasteiger partial charge in [0.2, 0.25) is 0 Å². The van der Waals surface area contributed by atoms with E-state index in [1.807, 2.05) is 20.0 Å². The highest BCUT2D eigenvalue weighted by molar-refractivity contribution is 5.94. The molecule has 1 saturated heterocycles. The summed E-state index contributed by atoms with van der Waals surface area (Å²) in [4.78, 5) is 17.0. The Bertz CT molecular complexity index is 1330. The zero-order chi connectivity index (χ0) is 35.0. The third-order valence-corrected chi connectivity index (χ3v) is 9.69. The molecule has 1 aliphatic carbocycles. The summed E-state index contributed by atoms with van der Waals surface area (Å²) in [7, 11) is 3.94. The molecule has 1 aliphatic heterocycles. The number of ether oxygens (including phenoxy) is 1. The standard InChI is InChI=1S/C29H43N3O.C5H8O.C4H10N2.C2H6/c1-10-21-16-24(27(30-19-21)20(5)33-9)28-25(18-29(6,7)11-2)23-17-22(31(8)12-3)14-15-26(23)32(28)13-4;6-4-5-2-1-3-5;1-2-4-6-5-3-1;1-2/h14-17,19-20H,10-13,18H2,1-9H3;4-5H,1-3H2;5-6H,1-4H2;1-2H3. The lowest BCUT2D eigenvalue weighted by Crippen LogP contribution is -2.37. The summed E-state index contributed by atoms with van der Waals surface area (Å²) >= 11 is 0. The van der Waals surface area contributed by atoms with E-state index in [1.165, 1.54) is 58.2 Å². The molecule has 0 amide bonds. The molecule has 1 unspecified atom stereocenters. The van der Waals surface area contributed by atoms with Gasteiger partial charge in [-0.25, -0.2) is 0 Å². The maximum atomic E-state index is 9.79. The lowest BCUT2D eigenvalue weighted by Gasteiger charge is -2.25. The number of aryl methyl sites for hydroxylation is 2. The molecule has 47 heavy (non-hydrogen) atoms. The van der Waals surface area contributed by atoms with Crippen molar-refractivity contribution in [3.63, 3.8) is 0 Å². The summed E-state index contributed by atoms with van der Waals surface area (Å²) in [5, 5.41) is 1.36. The molecule has 264 valence electrons. The van der Waals surface area contributed by atoms with E-state index in [-0.39, 0.29) is 11.5 Å². The summed E-state index contributed by atoms with van der Waals surface area (Å²) in [5.41, 5.74) is 15.1. The molecule has 0 bridgehead atoms. The number of pyridine rings is 1. The van der Waals surface area contributed by atoms with Crippen LogP contribution in [0.2, 0.25) is 0 Å². The van der Waals surface area contributed by atoms with Crippen molar-refractivity contribution in [1.29, 1.82) is 0 Å². The lowest BCUT2D eigenvalue weighted by atomic mass is 9.81. The summed E-state index contributed by atoms with van der Waals surface area (Å²) in [5.74, 6) is 0.435. The Morgan fingerprint density at radius 3 is 2.15 bits per heavy atom. The lowest BCUT2D eigenvalue weighted by molar-refractivity contribution is -0.113. The SMILES string of the molecule is C1CCNNC1.CC.CCc1cnc(C(C)OC)c(-c2c(CC(C)(C)CC)c3cc(N(C)CC)ccc3n2CC)c1.O=CC1CCC1. The number of methoxy groups -OCH3 is 1. The van der Waals surface area contributed by atoms with Crippen LogP contribution in [-0.2, 0) is 28.9 Å². The maximum Gasteiger partial charge on any atom is 0.123 e. The molecule has 0 spiro atoms. The molecule has 3 heterocycles. The van der Waals surface area contributed by atoms with Gasteiger partial charge in [0, 0.05) is 74.6 Å². The first-order chi connectivity index (χ1) is 22.6. The number of aromatic nitrogens is 2. The van der Waals surface area contributed by atoms with Crippen molar-refractivity contribution < 1.29 is 9.53 Å². The summed E-state index contributed by atoms with van der Waals surface area (Å²) in [6.07, 6.45) is 12.3. The van der Waals surface area contributed by atoms with Crippen LogP contribution >= 0.6 is 0 Å². The van der Waals surface area contributed by atoms with E-state index >= 15 is 0 Å². The number of anilines is 1. The molecule has 2 fully saturated rings. The van der Waals surface area contributed by atoms with E-state index in [0.717, 1.165) is 70.3 Å². The fourth-order valence-corrected chi connectivity index (χ4v) is 5.77. The molecule has 1 aromatic carbocycles. The summed E-state index contributed by atoms with van der Waals surface area (Å²) < 4.78 is 8.26. The first-order valence-corrected chi connectivity index (χ1v) is 18.4. The third-order valence-electron chi connectivity index (χ3n) is 9.69. The van der Waals surface area contributed by atoms with Crippen LogP contribution in [0.3, 0.4) is 0 Å². The first-order valence-electron chi connectivity index (χ1n) is 18.4. The van der Waals surface area contributed by atoms with Gasteiger partial charge in [-0.1, -0.05) is 54.4 Å². The number of rotatable bonds is 11. The molecule has 3 aromatic rings. The van der Waals surface area contributed by atoms with Crippen LogP contribution in [0.15, 0.2) is 30.5 Å². The fraction of sp³-hybridized carbons (Fsp3) is 0.650. The molecule has 2 aromatic heterocycles. The van der Waals surface area contributed by atoms with Crippen molar-refractivity contribution in [2.75, 3.05) is 38.7 Å². The van der Waals surface area contributed by atoms with Gasteiger partial charge < -0.3 is 19.0 Å². The van der Waals surface area contributed by atoms with Crippen LogP contribution in [0, 0.1) is 11.3 Å². The normalized spacial score (nSPS) is 15.2. The largest absolute Gasteiger partial charge is 0.375 e. The van der Waals surface area contributed by atoms with Gasteiger partial charge in [-0.2, -0.15) is 0 Å². The van der Waals surface area contributed by atoms with Gasteiger partial charge in [-0.15, -0.1) is 0 Å². The molecule has 1 atom stereocenters. The van der Waals surface area contributed by atoms with Crippen molar-refractivity contribution in [2.24, 2.45) is 11.3 Å². The Morgan fingerprint density at radius 1 is 1.06 bits per heavy atom. The molecule has 7 nitrogen and oxygen atoms in total. The van der Waals surface area contributed by atoms with E-state index in [9.17, 15) is 4.79 Å². The smallest absolute Gasteiger partial charge is 0.123 e. The topological polar surface area (TPSA) is 71.4 Å². The van der Waals surface area contributed by atoms with Gasteiger partial charge in [0.1, 0.15) is 6.29 Å². The Morgan fingerprint density at radius 2 is 1.72 bits per heavy atom. The van der Waals surface area contributed by atoms with Crippen molar-refractivity contribution in [1.82, 2.24) is 20.4 Å². The molecule has 1 saturated carbocycles. The van der Waals surface area contributed by atoms with E-state index in [4.69, 9.17) is 9.72 Å². The number of hydrazine groups is 1. The molecular weight excluding hydrogens is 582 g/mol. The van der Waals surface area contributed by atoms with Crippen LogP contribution in [0.5, 0.6) is 0 Å². The van der Waals surface area contributed by atoms with Crippen LogP contribution in [0.25, 0.3) is 22.2 Å². The minimum atomic E-state index is -0.0666. The molecule has 2 aliphatic rings. The summed E-state index contributed by atoms with van der Waals surface area (Å²) in [6, 6.07) is 9.31. The second-order valence-corrected chi connectivity index (χ2v) is 13.4. The van der Waals surface area contributed by atoms with Gasteiger partial charge in [-0.3, -0.25) is 15.8 Å². The Hall–Kier alpha value is -2.74. The quantitative estimate of drug-likeness (QED) is 0.202. The number of aldehydes is 1. The van der Waals surface area contributed by atoms with E-state index in [0.29, 0.717) is 5.92 Å². The van der Waals surface area contributed by atoms with Crippen LogP contribution < -0.4 is 15.8 Å². The highest BCUT2D eigenvalue weighted by atomic mass is 16.5. The molecule has 5 rings (SSSR count). The highest BCUT2D eigenvalue weighted by Gasteiger charge is 2.27. The number of nitrogens with one attached hydrogen (secondary N) is 2. The Labute approximate surface area is 287 Å². The average Bonchev–Trinajstić information content (AvgIpc) is 3.40. The van der Waals surface area contributed by atoms with Crippen LogP contribution in [0.4, 0.5) is 5.69 Å². The van der Waals surface area contributed by atoms with Gasteiger partial charge in [0.25, 0.3) is 0 Å². The number of carbonyl (C=O) groups is 1. The fourth-order valence-electron chi connectivity index (χ4n) is 5.77. The van der Waals surface area contributed by atoms with Gasteiger partial charge >= 0.3 is 0 Å². The second kappa shape index (κ2) is 20.6. The van der Waals surface area contributed by atoms with Gasteiger partial charge in [0.05, 0.1) is 17.5 Å². The number of hydrogen-bond acceptors (Lipinski definition) is 6. The predicted molar refractivity (Wildman–Crippen MR) is 202 cm³/mol. The van der Waals surface area contributed by atoms with Crippen LogP contribution in [-0.4, -0.2) is 49.6 Å². The molecular formula is C40H67N5O2. The molecule has 7 heteroatoms. The zero-order valence-electron chi connectivity index (χ0n) is 31.8. The summed E-state index contributed by atoms with van der Waals surface area (Å²) in [6.45, 7) is 24.0. The monoisotopic (exact) mass is 650 g/mol. The van der Waals surface area contributed by atoms with E-state index < -0.39 is 0 Å². The van der Waals surface area contributed by atoms with Gasteiger partial charge in [0.15, 0.2) is 0 Å². The van der Waals surface area contributed by atoms with Crippen molar-refractivity contribution >= 4 is 22.9 Å². The number of benzene rings is 1. The third kappa shape index (κ3) is 11.2. The number of carbonyl (C=O) groups excluding carboxylic acids is 1. The zero-order valence-corrected chi connectivity index (χ0v) is 31.8. The Kier molecular flexibility index (Phi) is 17.7. The Balaban J connectivity index is 0.000000450. The number of fused-ring (bicyclic) bond motifs is 1. The molecule has 0 radical (unpaired) electrons. The minimum Gasteiger partial charge on any atom is -0.375 e. The van der Waals surface area contributed by atoms with Crippen molar-refractivity contribution in [3.8, 4) is 11.3 Å². The predicted octanol–water partition coefficient (Wildman–Crippen LogP) is 9.31. The van der Waals surface area contributed by atoms with Gasteiger partial charge in [-0.05, 0) is 100 Å². The number of nitrogens with zero attached hydrogens (tertiary/aromatic N) is 3. The van der Waals surface area contributed by atoms with E-state index in [2.05, 4.69) is 100 Å². The minimum absolute atomic E-state index is 0.0666. The van der Waals surface area contributed by atoms with Crippen molar-refractivity contribution in [2.45, 2.75) is 126 Å². The van der Waals surface area contributed by atoms with Crippen molar-refractivity contribution in [3.05, 3.63) is 47.3 Å². The van der Waals surface area contributed by atoms with Crippen LogP contribution in [0.1, 0.15) is 124 Å². The highest BCUT2D eigenvalue weighted by Crippen LogP contribution is 2.42. The van der Waals surface area contributed by atoms with E-state index in [1.54, 1.807) is 7.11 Å². The molecule has 2 N–H and O–H groups in total. The average molecular weight is 650 g/mol. The number of hydrogen-bond donors (Lipinski definition) is 2. The maximum absolute atomic E-state index is 9.79. The first kappa shape index (κ1) is 40.4.